The Labute approximate surface area is 288 Å². The second-order valence-corrected chi connectivity index (χ2v) is 12.3. The van der Waals surface area contributed by atoms with Crippen LogP contribution in [0.15, 0.2) is 60.8 Å². The van der Waals surface area contributed by atoms with Gasteiger partial charge in [-0.2, -0.15) is 4.98 Å². The van der Waals surface area contributed by atoms with Crippen LogP contribution in [0.3, 0.4) is 0 Å². The summed E-state index contributed by atoms with van der Waals surface area (Å²) >= 11 is 0. The lowest BCUT2D eigenvalue weighted by atomic mass is 10.1. The van der Waals surface area contributed by atoms with Crippen molar-refractivity contribution in [2.24, 2.45) is 0 Å². The van der Waals surface area contributed by atoms with E-state index in [-0.39, 0.29) is 23.1 Å². The number of nitrogens with zero attached hydrogens (tertiary/aromatic N) is 4. The summed E-state index contributed by atoms with van der Waals surface area (Å²) in [5.41, 5.74) is 4.18. The molecule has 0 atom stereocenters. The van der Waals surface area contributed by atoms with Crippen LogP contribution in [0, 0.1) is 19.7 Å². The number of piperazine rings is 1. The number of hydrogen-bond acceptors (Lipinski definition) is 9. The first-order valence-corrected chi connectivity index (χ1v) is 17.0. The SMILES string of the molecule is CCCc1ccc(Oc2nc(Nc3ccc(OCCN4CCN(CCC)CC4)c(F)c3)ncc2C(=O)Nc2c(C)cccc2C)c(OC)c1. The highest BCUT2D eigenvalue weighted by atomic mass is 19.1. The fourth-order valence-corrected chi connectivity index (χ4v) is 5.86. The van der Waals surface area contributed by atoms with E-state index in [1.54, 1.807) is 25.3 Å². The molecule has 0 unspecified atom stereocenters. The molecule has 10 nitrogen and oxygen atoms in total. The average Bonchev–Trinajstić information content (AvgIpc) is 3.09. The lowest BCUT2D eigenvalue weighted by Crippen LogP contribution is -2.47. The molecule has 1 saturated heterocycles. The number of carbonyl (C=O) groups excluding carboxylic acids is 1. The van der Waals surface area contributed by atoms with Gasteiger partial charge in [0, 0.05) is 56.4 Å². The van der Waals surface area contributed by atoms with Gasteiger partial charge in [0.2, 0.25) is 11.8 Å². The lowest BCUT2D eigenvalue weighted by molar-refractivity contribution is 0.102. The number of nitrogens with one attached hydrogen (secondary N) is 2. The van der Waals surface area contributed by atoms with Crippen LogP contribution in [0.2, 0.25) is 0 Å². The van der Waals surface area contributed by atoms with E-state index in [9.17, 15) is 4.79 Å². The van der Waals surface area contributed by atoms with Crippen molar-refractivity contribution >= 4 is 23.2 Å². The Morgan fingerprint density at radius 2 is 1.61 bits per heavy atom. The van der Waals surface area contributed by atoms with E-state index in [1.165, 1.54) is 12.3 Å². The molecule has 11 heteroatoms. The molecular formula is C38H47FN6O4. The molecule has 3 aromatic carbocycles. The Balaban J connectivity index is 1.32. The van der Waals surface area contributed by atoms with Crippen molar-refractivity contribution in [1.29, 1.82) is 0 Å². The predicted octanol–water partition coefficient (Wildman–Crippen LogP) is 7.39. The van der Waals surface area contributed by atoms with E-state index in [0.717, 1.165) is 75.2 Å². The topological polar surface area (TPSA) is 101 Å². The summed E-state index contributed by atoms with van der Waals surface area (Å²) in [6.07, 6.45) is 4.42. The van der Waals surface area contributed by atoms with Gasteiger partial charge in [-0.25, -0.2) is 9.37 Å². The number of anilines is 3. The van der Waals surface area contributed by atoms with E-state index in [4.69, 9.17) is 14.2 Å². The fraction of sp³-hybridized carbons (Fsp3) is 0.395. The van der Waals surface area contributed by atoms with E-state index in [0.29, 0.717) is 29.5 Å². The molecule has 49 heavy (non-hydrogen) atoms. The summed E-state index contributed by atoms with van der Waals surface area (Å²) < 4.78 is 32.8. The Kier molecular flexibility index (Phi) is 12.4. The van der Waals surface area contributed by atoms with E-state index < -0.39 is 11.7 Å². The normalized spacial score (nSPS) is 13.6. The van der Waals surface area contributed by atoms with Gasteiger partial charge in [0.25, 0.3) is 5.91 Å². The van der Waals surface area contributed by atoms with E-state index in [2.05, 4.69) is 44.2 Å². The molecule has 1 amide bonds. The lowest BCUT2D eigenvalue weighted by Gasteiger charge is -2.34. The molecule has 0 spiro atoms. The molecule has 260 valence electrons. The molecule has 0 bridgehead atoms. The molecule has 1 fully saturated rings. The Morgan fingerprint density at radius 3 is 2.29 bits per heavy atom. The van der Waals surface area contributed by atoms with Crippen molar-refractivity contribution in [3.05, 3.63) is 88.9 Å². The summed E-state index contributed by atoms with van der Waals surface area (Å²) in [5.74, 6) is 0.276. The smallest absolute Gasteiger partial charge is 0.262 e. The quantitative estimate of drug-likeness (QED) is 0.134. The number of halogens is 1. The minimum atomic E-state index is -0.504. The highest BCUT2D eigenvalue weighted by Gasteiger charge is 2.21. The van der Waals surface area contributed by atoms with Crippen molar-refractivity contribution < 1.29 is 23.4 Å². The Hall–Kier alpha value is -4.74. The number of ether oxygens (including phenoxy) is 3. The molecule has 4 aromatic rings. The number of hydrogen-bond donors (Lipinski definition) is 2. The summed E-state index contributed by atoms with van der Waals surface area (Å²) in [6, 6.07) is 16.1. The molecule has 5 rings (SSSR count). The van der Waals surface area contributed by atoms with Crippen LogP contribution >= 0.6 is 0 Å². The molecule has 2 N–H and O–H groups in total. The first-order chi connectivity index (χ1) is 23.8. The second kappa shape index (κ2) is 17.1. The fourth-order valence-electron chi connectivity index (χ4n) is 5.86. The standard InChI is InChI=1S/C38H47FN6O4/c1-6-9-28-12-14-33(34(23-28)47-5)49-37-30(36(46)42-35-26(3)10-8-11-27(35)4)25-40-38(43-37)41-29-13-15-32(31(39)24-29)48-22-21-45-19-17-44(16-7-2)18-20-45/h8,10-15,23-25H,6-7,9,16-22H2,1-5H3,(H,42,46)(H,40,41,43). The third-order valence-electron chi connectivity index (χ3n) is 8.55. The summed E-state index contributed by atoms with van der Waals surface area (Å²) in [4.78, 5) is 27.4. The molecule has 1 aliphatic heterocycles. The van der Waals surface area contributed by atoms with Crippen molar-refractivity contribution in [1.82, 2.24) is 19.8 Å². The number of methoxy groups -OCH3 is 1. The van der Waals surface area contributed by atoms with Crippen LogP contribution in [0.1, 0.15) is 53.7 Å². The summed E-state index contributed by atoms with van der Waals surface area (Å²) in [6.45, 7) is 14.5. The highest BCUT2D eigenvalue weighted by Crippen LogP contribution is 2.34. The number of carbonyl (C=O) groups is 1. The zero-order chi connectivity index (χ0) is 34.8. The Morgan fingerprint density at radius 1 is 0.898 bits per heavy atom. The van der Waals surface area contributed by atoms with Gasteiger partial charge < -0.3 is 29.7 Å². The number of benzene rings is 3. The highest BCUT2D eigenvalue weighted by molar-refractivity contribution is 6.06. The third kappa shape index (κ3) is 9.45. The van der Waals surface area contributed by atoms with Gasteiger partial charge in [0.15, 0.2) is 23.1 Å². The van der Waals surface area contributed by atoms with Gasteiger partial charge in [-0.15, -0.1) is 0 Å². The molecular weight excluding hydrogens is 623 g/mol. The van der Waals surface area contributed by atoms with Gasteiger partial charge in [-0.05, 0) is 74.2 Å². The number of rotatable bonds is 15. The van der Waals surface area contributed by atoms with Gasteiger partial charge in [0.1, 0.15) is 12.2 Å². The van der Waals surface area contributed by atoms with E-state index in [1.807, 2.05) is 44.2 Å². The number of aryl methyl sites for hydroxylation is 3. The minimum absolute atomic E-state index is 0.0127. The number of amides is 1. The van der Waals surface area contributed by atoms with Crippen LogP contribution in [0.4, 0.5) is 21.7 Å². The minimum Gasteiger partial charge on any atom is -0.493 e. The van der Waals surface area contributed by atoms with Gasteiger partial charge in [-0.1, -0.05) is 44.5 Å². The van der Waals surface area contributed by atoms with Gasteiger partial charge >= 0.3 is 0 Å². The molecule has 0 radical (unpaired) electrons. The number of aromatic nitrogens is 2. The maximum atomic E-state index is 15.1. The zero-order valence-electron chi connectivity index (χ0n) is 29.1. The maximum absolute atomic E-state index is 15.1. The summed E-state index contributed by atoms with van der Waals surface area (Å²) in [7, 11) is 1.57. The van der Waals surface area contributed by atoms with Crippen molar-refractivity contribution in [3.63, 3.8) is 0 Å². The van der Waals surface area contributed by atoms with Crippen LogP contribution < -0.4 is 24.8 Å². The maximum Gasteiger partial charge on any atom is 0.262 e. The van der Waals surface area contributed by atoms with Crippen LogP contribution in [0.25, 0.3) is 0 Å². The molecule has 2 heterocycles. The first-order valence-electron chi connectivity index (χ1n) is 17.0. The van der Waals surface area contributed by atoms with Crippen molar-refractivity contribution in [2.45, 2.75) is 47.0 Å². The number of para-hydroxylation sites is 1. The van der Waals surface area contributed by atoms with Crippen molar-refractivity contribution in [3.8, 4) is 23.1 Å². The molecule has 1 aromatic heterocycles. The monoisotopic (exact) mass is 670 g/mol. The van der Waals surface area contributed by atoms with Gasteiger partial charge in [-0.3, -0.25) is 9.69 Å². The second-order valence-electron chi connectivity index (χ2n) is 12.3. The zero-order valence-corrected chi connectivity index (χ0v) is 29.1. The molecule has 0 aliphatic carbocycles. The molecule has 1 aliphatic rings. The van der Waals surface area contributed by atoms with Gasteiger partial charge in [0.05, 0.1) is 7.11 Å². The summed E-state index contributed by atoms with van der Waals surface area (Å²) in [5, 5.41) is 6.02. The first kappa shape index (κ1) is 35.6. The predicted molar refractivity (Wildman–Crippen MR) is 191 cm³/mol. The van der Waals surface area contributed by atoms with Crippen LogP contribution in [-0.2, 0) is 6.42 Å². The van der Waals surface area contributed by atoms with Crippen molar-refractivity contribution in [2.75, 3.05) is 63.6 Å². The van der Waals surface area contributed by atoms with Crippen LogP contribution in [0.5, 0.6) is 23.1 Å². The Bertz CT molecular complexity index is 1710. The molecule has 0 saturated carbocycles. The third-order valence-corrected chi connectivity index (χ3v) is 8.55. The largest absolute Gasteiger partial charge is 0.493 e. The van der Waals surface area contributed by atoms with Crippen LogP contribution in [-0.4, -0.2) is 78.7 Å². The van der Waals surface area contributed by atoms with E-state index >= 15 is 4.39 Å². The average molecular weight is 671 g/mol.